The van der Waals surface area contributed by atoms with E-state index in [0.29, 0.717) is 18.4 Å². The first-order valence-electron chi connectivity index (χ1n) is 7.85. The first-order valence-corrected chi connectivity index (χ1v) is 7.85. The molecular formula is C17H28N2O. The molecule has 1 aromatic rings. The maximum absolute atomic E-state index is 9.08. The van der Waals surface area contributed by atoms with Gasteiger partial charge in [0.05, 0.1) is 0 Å². The lowest BCUT2D eigenvalue weighted by Crippen LogP contribution is -2.24. The maximum Gasteiger partial charge on any atom is 0.0434 e. The van der Waals surface area contributed by atoms with Gasteiger partial charge in [0, 0.05) is 31.9 Å². The quantitative estimate of drug-likeness (QED) is 0.803. The van der Waals surface area contributed by atoms with Crippen molar-refractivity contribution in [3.63, 3.8) is 0 Å². The Bertz CT molecular complexity index is 406. The van der Waals surface area contributed by atoms with Crippen LogP contribution >= 0.6 is 0 Å². The molecule has 2 rings (SSSR count). The Morgan fingerprint density at radius 3 is 2.90 bits per heavy atom. The molecule has 1 unspecified atom stereocenters. The summed E-state index contributed by atoms with van der Waals surface area (Å²) in [5.41, 5.74) is 2.75. The second-order valence-electron chi connectivity index (χ2n) is 6.27. The number of nitrogens with zero attached hydrogens (tertiary/aromatic N) is 1. The van der Waals surface area contributed by atoms with Crippen molar-refractivity contribution in [1.82, 2.24) is 5.32 Å². The average molecular weight is 276 g/mol. The number of para-hydroxylation sites is 1. The van der Waals surface area contributed by atoms with Gasteiger partial charge in [-0.2, -0.15) is 0 Å². The average Bonchev–Trinajstić information content (AvgIpc) is 2.88. The van der Waals surface area contributed by atoms with Gasteiger partial charge >= 0.3 is 0 Å². The van der Waals surface area contributed by atoms with Crippen LogP contribution in [0.15, 0.2) is 24.3 Å². The van der Waals surface area contributed by atoms with Crippen LogP contribution in [0.5, 0.6) is 0 Å². The third-order valence-corrected chi connectivity index (χ3v) is 4.02. The molecule has 0 spiro atoms. The lowest BCUT2D eigenvalue weighted by molar-refractivity contribution is 0.263. The molecule has 1 aromatic carbocycles. The molecule has 0 saturated carbocycles. The molecule has 0 amide bonds. The fourth-order valence-electron chi connectivity index (χ4n) is 2.93. The molecule has 1 fully saturated rings. The van der Waals surface area contributed by atoms with Crippen molar-refractivity contribution in [2.24, 2.45) is 11.8 Å². The minimum Gasteiger partial charge on any atom is -0.396 e. The van der Waals surface area contributed by atoms with Gasteiger partial charge in [-0.3, -0.25) is 0 Å². The van der Waals surface area contributed by atoms with Crippen molar-refractivity contribution >= 4 is 5.69 Å². The first kappa shape index (κ1) is 15.3. The van der Waals surface area contributed by atoms with Crippen LogP contribution in [-0.2, 0) is 6.54 Å². The Kier molecular flexibility index (Phi) is 5.86. The van der Waals surface area contributed by atoms with Gasteiger partial charge in [-0.05, 0) is 42.9 Å². The van der Waals surface area contributed by atoms with Crippen molar-refractivity contribution in [3.05, 3.63) is 29.8 Å². The third kappa shape index (κ3) is 4.22. The van der Waals surface area contributed by atoms with E-state index in [0.717, 1.165) is 32.6 Å². The summed E-state index contributed by atoms with van der Waals surface area (Å²) in [4.78, 5) is 2.48. The molecule has 0 radical (unpaired) electrons. The zero-order valence-electron chi connectivity index (χ0n) is 12.8. The SMILES string of the molecule is CC(C)CNCc1ccccc1N1CCC(CCO)C1. The minimum atomic E-state index is 0.316. The molecule has 0 aromatic heterocycles. The van der Waals surface area contributed by atoms with E-state index in [2.05, 4.69) is 48.3 Å². The van der Waals surface area contributed by atoms with E-state index in [1.54, 1.807) is 0 Å². The molecule has 1 atom stereocenters. The number of rotatable bonds is 7. The Morgan fingerprint density at radius 2 is 2.15 bits per heavy atom. The summed E-state index contributed by atoms with van der Waals surface area (Å²) in [5.74, 6) is 1.33. The standard InChI is InChI=1S/C17H28N2O/c1-14(2)11-18-12-16-5-3-4-6-17(16)19-9-7-15(13-19)8-10-20/h3-6,14-15,18,20H,7-13H2,1-2H3. The van der Waals surface area contributed by atoms with Crippen LogP contribution in [0.2, 0.25) is 0 Å². The molecule has 20 heavy (non-hydrogen) atoms. The normalized spacial score (nSPS) is 19.0. The number of hydrogen-bond donors (Lipinski definition) is 2. The zero-order chi connectivity index (χ0) is 14.4. The van der Waals surface area contributed by atoms with Crippen molar-refractivity contribution in [2.45, 2.75) is 33.2 Å². The highest BCUT2D eigenvalue weighted by Crippen LogP contribution is 2.28. The maximum atomic E-state index is 9.08. The molecule has 0 aliphatic carbocycles. The van der Waals surface area contributed by atoms with Crippen LogP contribution < -0.4 is 10.2 Å². The van der Waals surface area contributed by atoms with Crippen LogP contribution in [0.3, 0.4) is 0 Å². The van der Waals surface area contributed by atoms with Crippen LogP contribution in [0.4, 0.5) is 5.69 Å². The predicted octanol–water partition coefficient (Wildman–Crippen LogP) is 2.64. The highest BCUT2D eigenvalue weighted by Gasteiger charge is 2.23. The molecule has 3 heteroatoms. The number of anilines is 1. The molecule has 1 heterocycles. The molecule has 0 bridgehead atoms. The summed E-state index contributed by atoms with van der Waals surface area (Å²) >= 11 is 0. The van der Waals surface area contributed by atoms with Gasteiger partial charge in [0.15, 0.2) is 0 Å². The van der Waals surface area contributed by atoms with Crippen LogP contribution in [-0.4, -0.2) is 31.3 Å². The summed E-state index contributed by atoms with van der Waals surface area (Å²) in [6, 6.07) is 8.70. The smallest absolute Gasteiger partial charge is 0.0434 e. The monoisotopic (exact) mass is 276 g/mol. The van der Waals surface area contributed by atoms with E-state index in [1.807, 2.05) is 0 Å². The first-order chi connectivity index (χ1) is 9.70. The van der Waals surface area contributed by atoms with Crippen LogP contribution in [0.25, 0.3) is 0 Å². The highest BCUT2D eigenvalue weighted by atomic mass is 16.3. The van der Waals surface area contributed by atoms with Gasteiger partial charge in [0.2, 0.25) is 0 Å². The van der Waals surface area contributed by atoms with Crippen LogP contribution in [0.1, 0.15) is 32.3 Å². The molecule has 112 valence electrons. The predicted molar refractivity (Wildman–Crippen MR) is 85.0 cm³/mol. The number of nitrogens with one attached hydrogen (secondary N) is 1. The van der Waals surface area contributed by atoms with Gasteiger partial charge < -0.3 is 15.3 Å². The van der Waals surface area contributed by atoms with Crippen molar-refractivity contribution in [1.29, 1.82) is 0 Å². The van der Waals surface area contributed by atoms with E-state index >= 15 is 0 Å². The Hall–Kier alpha value is -1.06. The molecule has 1 saturated heterocycles. The van der Waals surface area contributed by atoms with Gasteiger partial charge in [0.1, 0.15) is 0 Å². The highest BCUT2D eigenvalue weighted by molar-refractivity contribution is 5.54. The number of benzene rings is 1. The largest absolute Gasteiger partial charge is 0.396 e. The lowest BCUT2D eigenvalue weighted by atomic mass is 10.1. The lowest BCUT2D eigenvalue weighted by Gasteiger charge is -2.22. The molecular weight excluding hydrogens is 248 g/mol. The van der Waals surface area contributed by atoms with Crippen molar-refractivity contribution < 1.29 is 5.11 Å². The van der Waals surface area contributed by atoms with E-state index in [1.165, 1.54) is 17.7 Å². The van der Waals surface area contributed by atoms with Gasteiger partial charge in [-0.1, -0.05) is 32.0 Å². The van der Waals surface area contributed by atoms with E-state index in [4.69, 9.17) is 5.11 Å². The van der Waals surface area contributed by atoms with Gasteiger partial charge in [-0.25, -0.2) is 0 Å². The van der Waals surface area contributed by atoms with Crippen LogP contribution in [0, 0.1) is 11.8 Å². The molecule has 2 N–H and O–H groups in total. The molecule has 3 nitrogen and oxygen atoms in total. The van der Waals surface area contributed by atoms with E-state index in [-0.39, 0.29) is 0 Å². The van der Waals surface area contributed by atoms with E-state index < -0.39 is 0 Å². The number of aliphatic hydroxyl groups excluding tert-OH is 1. The Labute approximate surface area is 123 Å². The summed E-state index contributed by atoms with van der Waals surface area (Å²) in [5, 5.41) is 12.6. The minimum absolute atomic E-state index is 0.316. The molecule has 1 aliphatic rings. The summed E-state index contributed by atoms with van der Waals surface area (Å²) in [6.07, 6.45) is 2.14. The summed E-state index contributed by atoms with van der Waals surface area (Å²) < 4.78 is 0. The molecule has 1 aliphatic heterocycles. The van der Waals surface area contributed by atoms with E-state index in [9.17, 15) is 0 Å². The Balaban J connectivity index is 1.97. The number of aliphatic hydroxyl groups is 1. The Morgan fingerprint density at radius 1 is 1.35 bits per heavy atom. The second-order valence-corrected chi connectivity index (χ2v) is 6.27. The van der Waals surface area contributed by atoms with Gasteiger partial charge in [0.25, 0.3) is 0 Å². The topological polar surface area (TPSA) is 35.5 Å². The van der Waals surface area contributed by atoms with Gasteiger partial charge in [-0.15, -0.1) is 0 Å². The fourth-order valence-corrected chi connectivity index (χ4v) is 2.93. The third-order valence-electron chi connectivity index (χ3n) is 4.02. The fraction of sp³-hybridized carbons (Fsp3) is 0.647. The number of hydrogen-bond acceptors (Lipinski definition) is 3. The summed E-state index contributed by atoms with van der Waals surface area (Å²) in [6.45, 7) is 8.98. The zero-order valence-corrected chi connectivity index (χ0v) is 12.8. The van der Waals surface area contributed by atoms with Crippen molar-refractivity contribution in [2.75, 3.05) is 31.1 Å². The second kappa shape index (κ2) is 7.65. The summed E-state index contributed by atoms with van der Waals surface area (Å²) in [7, 11) is 0. The van der Waals surface area contributed by atoms with Crippen molar-refractivity contribution in [3.8, 4) is 0 Å².